The lowest BCUT2D eigenvalue weighted by atomic mass is 10.2. The second-order valence-electron chi connectivity index (χ2n) is 7.23. The lowest BCUT2D eigenvalue weighted by Crippen LogP contribution is -2.22. The van der Waals surface area contributed by atoms with Crippen molar-refractivity contribution in [3.8, 4) is 11.5 Å². The maximum atomic E-state index is 12.6. The van der Waals surface area contributed by atoms with Crippen LogP contribution in [-0.4, -0.2) is 21.4 Å². The Bertz CT molecular complexity index is 1220. The molecule has 1 heterocycles. The number of thioether (sulfide) groups is 1. The normalized spacial score (nSPS) is 11.6. The van der Waals surface area contributed by atoms with Crippen LogP contribution in [0.4, 0.5) is 5.69 Å². The first-order chi connectivity index (χ1) is 16.6. The van der Waals surface area contributed by atoms with Crippen molar-refractivity contribution in [3.05, 3.63) is 95.3 Å². The number of anilines is 1. The molecule has 1 amide bonds. The molecule has 174 valence electrons. The lowest BCUT2D eigenvalue weighted by Gasteiger charge is -2.11. The molecule has 0 aliphatic rings. The molecule has 9 heteroatoms. The van der Waals surface area contributed by atoms with E-state index in [0.29, 0.717) is 29.0 Å². The number of aromatic nitrogens is 2. The van der Waals surface area contributed by atoms with E-state index in [2.05, 4.69) is 15.5 Å². The van der Waals surface area contributed by atoms with Crippen LogP contribution in [0.25, 0.3) is 0 Å². The van der Waals surface area contributed by atoms with Gasteiger partial charge >= 0.3 is 0 Å². The Morgan fingerprint density at radius 1 is 0.971 bits per heavy atom. The molecule has 4 rings (SSSR count). The number of amides is 1. The van der Waals surface area contributed by atoms with E-state index in [9.17, 15) is 4.79 Å². The number of carbonyl (C=O) groups is 1. The third-order valence-electron chi connectivity index (χ3n) is 4.65. The zero-order chi connectivity index (χ0) is 23.8. The van der Waals surface area contributed by atoms with E-state index in [1.54, 1.807) is 31.2 Å². The Balaban J connectivity index is 1.24. The van der Waals surface area contributed by atoms with Gasteiger partial charge in [0, 0.05) is 5.69 Å². The smallest absolute Gasteiger partial charge is 0.277 e. The van der Waals surface area contributed by atoms with E-state index in [4.69, 9.17) is 25.5 Å². The summed E-state index contributed by atoms with van der Waals surface area (Å²) in [6, 6.07) is 24.3. The van der Waals surface area contributed by atoms with Gasteiger partial charge < -0.3 is 19.2 Å². The van der Waals surface area contributed by atoms with E-state index < -0.39 is 5.25 Å². The summed E-state index contributed by atoms with van der Waals surface area (Å²) < 4.78 is 16.9. The van der Waals surface area contributed by atoms with Crippen LogP contribution in [-0.2, 0) is 18.0 Å². The lowest BCUT2D eigenvalue weighted by molar-refractivity contribution is -0.115. The minimum atomic E-state index is -0.452. The highest BCUT2D eigenvalue weighted by molar-refractivity contribution is 8.00. The summed E-state index contributed by atoms with van der Waals surface area (Å²) in [5.74, 6) is 1.36. The van der Waals surface area contributed by atoms with Crippen molar-refractivity contribution in [2.45, 2.75) is 30.6 Å². The Morgan fingerprint density at radius 3 is 2.47 bits per heavy atom. The van der Waals surface area contributed by atoms with Crippen molar-refractivity contribution in [2.24, 2.45) is 0 Å². The van der Waals surface area contributed by atoms with Gasteiger partial charge in [-0.2, -0.15) is 0 Å². The average Bonchev–Trinajstić information content (AvgIpc) is 3.31. The highest BCUT2D eigenvalue weighted by Gasteiger charge is 2.19. The zero-order valence-corrected chi connectivity index (χ0v) is 19.9. The summed E-state index contributed by atoms with van der Waals surface area (Å²) in [6.07, 6.45) is 0. The molecule has 7 nitrogen and oxygen atoms in total. The Morgan fingerprint density at radius 2 is 1.71 bits per heavy atom. The molecular formula is C25H22ClN3O4S. The van der Waals surface area contributed by atoms with Crippen molar-refractivity contribution in [2.75, 3.05) is 5.32 Å². The van der Waals surface area contributed by atoms with Gasteiger partial charge in [-0.05, 0) is 48.9 Å². The maximum absolute atomic E-state index is 12.6. The molecular weight excluding hydrogens is 474 g/mol. The van der Waals surface area contributed by atoms with Gasteiger partial charge in [0.25, 0.3) is 11.1 Å². The Hall–Kier alpha value is -3.49. The molecule has 0 fully saturated rings. The third-order valence-corrected chi connectivity index (χ3v) is 5.90. The monoisotopic (exact) mass is 495 g/mol. The van der Waals surface area contributed by atoms with Crippen molar-refractivity contribution in [1.82, 2.24) is 10.2 Å². The Kier molecular flexibility index (Phi) is 8.06. The standard InChI is InChI=1S/C25H22ClN3O4S/c1-17(34-25-29-28-23(33-25)16-32-22-10-6-5-9-21(22)26)24(30)27-19-11-13-20(14-12-19)31-15-18-7-3-2-4-8-18/h2-14,17H,15-16H2,1H3,(H,27,30). The van der Waals surface area contributed by atoms with Gasteiger partial charge in [0.1, 0.15) is 18.1 Å². The van der Waals surface area contributed by atoms with Gasteiger partial charge in [0.2, 0.25) is 5.91 Å². The molecule has 0 saturated carbocycles. The first-order valence-electron chi connectivity index (χ1n) is 10.5. The number of halogens is 1. The van der Waals surface area contributed by atoms with Crippen LogP contribution in [0.2, 0.25) is 5.02 Å². The number of ether oxygens (including phenoxy) is 2. The maximum Gasteiger partial charge on any atom is 0.277 e. The van der Waals surface area contributed by atoms with E-state index in [1.807, 2.05) is 54.6 Å². The number of carbonyl (C=O) groups excluding carboxylic acids is 1. The summed E-state index contributed by atoms with van der Waals surface area (Å²) >= 11 is 7.24. The van der Waals surface area contributed by atoms with Crippen LogP contribution in [0.1, 0.15) is 18.4 Å². The number of para-hydroxylation sites is 1. The molecule has 0 saturated heterocycles. The van der Waals surface area contributed by atoms with Gasteiger partial charge in [-0.1, -0.05) is 65.8 Å². The van der Waals surface area contributed by atoms with Crippen LogP contribution in [0.5, 0.6) is 11.5 Å². The first kappa shape index (κ1) is 23.7. The van der Waals surface area contributed by atoms with Crippen molar-refractivity contribution >= 4 is 35.0 Å². The van der Waals surface area contributed by atoms with Crippen molar-refractivity contribution in [3.63, 3.8) is 0 Å². The Labute approximate surface area is 206 Å². The molecule has 34 heavy (non-hydrogen) atoms. The highest BCUT2D eigenvalue weighted by Crippen LogP contribution is 2.26. The molecule has 0 spiro atoms. The zero-order valence-electron chi connectivity index (χ0n) is 18.3. The highest BCUT2D eigenvalue weighted by atomic mass is 35.5. The minimum Gasteiger partial charge on any atom is -0.489 e. The molecule has 4 aromatic rings. The quantitative estimate of drug-likeness (QED) is 0.270. The second kappa shape index (κ2) is 11.6. The molecule has 1 N–H and O–H groups in total. The molecule has 0 bridgehead atoms. The molecule has 0 aliphatic carbocycles. The van der Waals surface area contributed by atoms with Crippen LogP contribution in [0.15, 0.2) is 88.5 Å². The van der Waals surface area contributed by atoms with E-state index >= 15 is 0 Å². The predicted molar refractivity (Wildman–Crippen MR) is 131 cm³/mol. The van der Waals surface area contributed by atoms with Crippen LogP contribution >= 0.6 is 23.4 Å². The van der Waals surface area contributed by atoms with E-state index in [1.165, 1.54) is 11.8 Å². The molecule has 0 aliphatic heterocycles. The van der Waals surface area contributed by atoms with Gasteiger partial charge in [-0.15, -0.1) is 10.2 Å². The third kappa shape index (κ3) is 6.76. The van der Waals surface area contributed by atoms with Gasteiger partial charge in [0.05, 0.1) is 10.3 Å². The van der Waals surface area contributed by atoms with Crippen molar-refractivity contribution in [1.29, 1.82) is 0 Å². The largest absolute Gasteiger partial charge is 0.489 e. The second-order valence-corrected chi connectivity index (χ2v) is 8.93. The molecule has 1 atom stereocenters. The fourth-order valence-corrected chi connectivity index (χ4v) is 3.76. The summed E-state index contributed by atoms with van der Waals surface area (Å²) in [7, 11) is 0. The summed E-state index contributed by atoms with van der Waals surface area (Å²) in [6.45, 7) is 2.33. The first-order valence-corrected chi connectivity index (χ1v) is 11.8. The van der Waals surface area contributed by atoms with E-state index in [0.717, 1.165) is 11.3 Å². The topological polar surface area (TPSA) is 86.5 Å². The minimum absolute atomic E-state index is 0.0799. The van der Waals surface area contributed by atoms with Gasteiger partial charge in [-0.25, -0.2) is 0 Å². The average molecular weight is 496 g/mol. The number of nitrogens with zero attached hydrogens (tertiary/aromatic N) is 2. The molecule has 1 unspecified atom stereocenters. The number of nitrogens with one attached hydrogen (secondary N) is 1. The number of hydrogen-bond acceptors (Lipinski definition) is 7. The summed E-state index contributed by atoms with van der Waals surface area (Å²) in [5.41, 5.74) is 1.76. The number of hydrogen-bond donors (Lipinski definition) is 1. The fraction of sp³-hybridized carbons (Fsp3) is 0.160. The van der Waals surface area contributed by atoms with Gasteiger partial charge in [0.15, 0.2) is 6.61 Å². The molecule has 0 radical (unpaired) electrons. The molecule has 3 aromatic carbocycles. The van der Waals surface area contributed by atoms with Crippen LogP contribution in [0.3, 0.4) is 0 Å². The fourth-order valence-electron chi connectivity index (χ4n) is 2.87. The SMILES string of the molecule is CC(Sc1nnc(COc2ccccc2Cl)o1)C(=O)Nc1ccc(OCc2ccccc2)cc1. The molecule has 1 aromatic heterocycles. The summed E-state index contributed by atoms with van der Waals surface area (Å²) in [4.78, 5) is 12.6. The van der Waals surface area contributed by atoms with Gasteiger partial charge in [-0.3, -0.25) is 4.79 Å². The van der Waals surface area contributed by atoms with Crippen molar-refractivity contribution < 1.29 is 18.7 Å². The number of benzene rings is 3. The van der Waals surface area contributed by atoms with Crippen LogP contribution in [0, 0.1) is 0 Å². The number of rotatable bonds is 10. The summed E-state index contributed by atoms with van der Waals surface area (Å²) in [5, 5.41) is 11.1. The van der Waals surface area contributed by atoms with E-state index in [-0.39, 0.29) is 17.7 Å². The predicted octanol–water partition coefficient (Wildman–Crippen LogP) is 6.00. The van der Waals surface area contributed by atoms with Crippen LogP contribution < -0.4 is 14.8 Å².